The second kappa shape index (κ2) is 6.08. The molecule has 1 heterocycles. The van der Waals surface area contributed by atoms with Gasteiger partial charge in [0.1, 0.15) is 11.4 Å². The summed E-state index contributed by atoms with van der Waals surface area (Å²) in [5, 5.41) is 0. The summed E-state index contributed by atoms with van der Waals surface area (Å²) >= 11 is 0. The minimum Gasteiger partial charge on any atom is -0.462 e. The Balaban J connectivity index is 3.07. The molecule has 0 saturated carbocycles. The van der Waals surface area contributed by atoms with Crippen LogP contribution in [-0.4, -0.2) is 31.2 Å². The molecule has 1 aromatic heterocycles. The van der Waals surface area contributed by atoms with Gasteiger partial charge in [0.15, 0.2) is 0 Å². The molecule has 0 aliphatic carbocycles. The maximum atomic E-state index is 11.8. The van der Waals surface area contributed by atoms with Crippen LogP contribution >= 0.6 is 0 Å². The maximum Gasteiger partial charge on any atom is 0.341 e. The van der Waals surface area contributed by atoms with Crippen molar-refractivity contribution in [2.75, 3.05) is 30.8 Å². The van der Waals surface area contributed by atoms with Crippen molar-refractivity contribution in [1.29, 1.82) is 0 Å². The average Bonchev–Trinajstić information content (AvgIpc) is 2.29. The Kier molecular flexibility index (Phi) is 4.75. The highest BCUT2D eigenvalue weighted by Crippen LogP contribution is 2.20. The predicted molar refractivity (Wildman–Crippen MR) is 68.2 cm³/mol. The summed E-state index contributed by atoms with van der Waals surface area (Å²) in [5.74, 6) is 0.227. The molecule has 0 aliphatic rings. The molecular formula is C12H19N3O2. The van der Waals surface area contributed by atoms with Gasteiger partial charge in [-0.25, -0.2) is 9.78 Å². The third-order valence-corrected chi connectivity index (χ3v) is 2.30. The first-order valence-electron chi connectivity index (χ1n) is 5.73. The SMILES string of the molecule is CCCN(C)c1ncc(N)cc1C(=O)OCC. The Morgan fingerprint density at radius 2 is 2.24 bits per heavy atom. The number of esters is 1. The number of nitrogens with zero attached hydrogens (tertiary/aromatic N) is 2. The van der Waals surface area contributed by atoms with Gasteiger partial charge in [-0.05, 0) is 19.4 Å². The lowest BCUT2D eigenvalue weighted by atomic mass is 10.2. The van der Waals surface area contributed by atoms with Gasteiger partial charge >= 0.3 is 5.97 Å². The molecule has 0 bridgehead atoms. The Labute approximate surface area is 102 Å². The van der Waals surface area contributed by atoms with Gasteiger partial charge in [0.25, 0.3) is 0 Å². The number of carbonyl (C=O) groups is 1. The van der Waals surface area contributed by atoms with E-state index in [9.17, 15) is 4.79 Å². The van der Waals surface area contributed by atoms with Crippen LogP contribution in [0.2, 0.25) is 0 Å². The third kappa shape index (κ3) is 3.34. The van der Waals surface area contributed by atoms with Crippen molar-refractivity contribution in [2.24, 2.45) is 0 Å². The van der Waals surface area contributed by atoms with Crippen LogP contribution in [0.3, 0.4) is 0 Å². The number of anilines is 2. The zero-order chi connectivity index (χ0) is 12.8. The first kappa shape index (κ1) is 13.3. The molecule has 1 aromatic rings. The van der Waals surface area contributed by atoms with Crippen LogP contribution in [0.1, 0.15) is 30.6 Å². The highest BCUT2D eigenvalue weighted by atomic mass is 16.5. The minimum atomic E-state index is -0.384. The molecule has 0 radical (unpaired) electrons. The molecular weight excluding hydrogens is 218 g/mol. The van der Waals surface area contributed by atoms with E-state index in [0.29, 0.717) is 23.7 Å². The van der Waals surface area contributed by atoms with Crippen molar-refractivity contribution in [2.45, 2.75) is 20.3 Å². The molecule has 17 heavy (non-hydrogen) atoms. The standard InChI is InChI=1S/C12H19N3O2/c1-4-6-15(3)11-10(12(16)17-5-2)7-9(13)8-14-11/h7-8H,4-6,13H2,1-3H3. The zero-order valence-corrected chi connectivity index (χ0v) is 10.6. The summed E-state index contributed by atoms with van der Waals surface area (Å²) in [6.45, 7) is 5.00. The largest absolute Gasteiger partial charge is 0.462 e. The number of carbonyl (C=O) groups excluding carboxylic acids is 1. The minimum absolute atomic E-state index is 0.338. The first-order chi connectivity index (χ1) is 8.10. The number of hydrogen-bond acceptors (Lipinski definition) is 5. The highest BCUT2D eigenvalue weighted by Gasteiger charge is 2.17. The van der Waals surface area contributed by atoms with Crippen molar-refractivity contribution in [1.82, 2.24) is 4.98 Å². The van der Waals surface area contributed by atoms with E-state index in [1.807, 2.05) is 11.9 Å². The zero-order valence-electron chi connectivity index (χ0n) is 10.6. The molecule has 5 heteroatoms. The van der Waals surface area contributed by atoms with Gasteiger partial charge in [-0.1, -0.05) is 6.92 Å². The van der Waals surface area contributed by atoms with Crippen molar-refractivity contribution >= 4 is 17.5 Å². The fourth-order valence-corrected chi connectivity index (χ4v) is 1.58. The second-order valence-electron chi connectivity index (χ2n) is 3.78. The smallest absolute Gasteiger partial charge is 0.341 e. The van der Waals surface area contributed by atoms with Gasteiger partial charge in [-0.3, -0.25) is 0 Å². The van der Waals surface area contributed by atoms with Gasteiger partial charge in [0.2, 0.25) is 0 Å². The summed E-state index contributed by atoms with van der Waals surface area (Å²) in [6.07, 6.45) is 2.52. The van der Waals surface area contributed by atoms with E-state index in [4.69, 9.17) is 10.5 Å². The maximum absolute atomic E-state index is 11.8. The Bertz CT molecular complexity index is 393. The Morgan fingerprint density at radius 1 is 1.53 bits per heavy atom. The van der Waals surface area contributed by atoms with E-state index < -0.39 is 0 Å². The van der Waals surface area contributed by atoms with E-state index >= 15 is 0 Å². The van der Waals surface area contributed by atoms with Crippen molar-refractivity contribution in [3.63, 3.8) is 0 Å². The van der Waals surface area contributed by atoms with E-state index in [-0.39, 0.29) is 5.97 Å². The van der Waals surface area contributed by atoms with Crippen LogP contribution in [0.4, 0.5) is 11.5 Å². The number of aromatic nitrogens is 1. The predicted octanol–water partition coefficient (Wildman–Crippen LogP) is 1.69. The van der Waals surface area contributed by atoms with Gasteiger partial charge in [-0.15, -0.1) is 0 Å². The Hall–Kier alpha value is -1.78. The van der Waals surface area contributed by atoms with Crippen LogP contribution in [0.5, 0.6) is 0 Å². The van der Waals surface area contributed by atoms with Crippen LogP contribution in [0.25, 0.3) is 0 Å². The summed E-state index contributed by atoms with van der Waals surface area (Å²) in [5.41, 5.74) is 6.53. The van der Waals surface area contributed by atoms with Gasteiger partial charge in [-0.2, -0.15) is 0 Å². The molecule has 0 amide bonds. The van der Waals surface area contributed by atoms with E-state index in [0.717, 1.165) is 13.0 Å². The summed E-state index contributed by atoms with van der Waals surface area (Å²) < 4.78 is 4.99. The van der Waals surface area contributed by atoms with E-state index in [1.54, 1.807) is 19.2 Å². The number of hydrogen-bond donors (Lipinski definition) is 1. The van der Waals surface area contributed by atoms with Crippen LogP contribution in [-0.2, 0) is 4.74 Å². The molecule has 1 rings (SSSR count). The molecule has 0 aromatic carbocycles. The lowest BCUT2D eigenvalue weighted by Crippen LogP contribution is -2.22. The van der Waals surface area contributed by atoms with Crippen LogP contribution in [0, 0.1) is 0 Å². The first-order valence-corrected chi connectivity index (χ1v) is 5.73. The summed E-state index contributed by atoms with van der Waals surface area (Å²) in [6, 6.07) is 1.60. The van der Waals surface area contributed by atoms with Crippen molar-refractivity contribution in [3.8, 4) is 0 Å². The fraction of sp³-hybridized carbons (Fsp3) is 0.500. The topological polar surface area (TPSA) is 68.5 Å². The monoisotopic (exact) mass is 237 g/mol. The van der Waals surface area contributed by atoms with Crippen molar-refractivity contribution < 1.29 is 9.53 Å². The average molecular weight is 237 g/mol. The van der Waals surface area contributed by atoms with Crippen LogP contribution in [0.15, 0.2) is 12.3 Å². The molecule has 5 nitrogen and oxygen atoms in total. The number of rotatable bonds is 5. The molecule has 0 atom stereocenters. The molecule has 2 N–H and O–H groups in total. The number of pyridine rings is 1. The molecule has 0 fully saturated rings. The van der Waals surface area contributed by atoms with E-state index in [2.05, 4.69) is 11.9 Å². The molecule has 0 unspecified atom stereocenters. The highest BCUT2D eigenvalue weighted by molar-refractivity contribution is 5.95. The normalized spacial score (nSPS) is 10.1. The molecule has 94 valence electrons. The summed E-state index contributed by atoms with van der Waals surface area (Å²) in [4.78, 5) is 17.9. The lowest BCUT2D eigenvalue weighted by Gasteiger charge is -2.19. The Morgan fingerprint density at radius 3 is 2.82 bits per heavy atom. The van der Waals surface area contributed by atoms with Crippen LogP contribution < -0.4 is 10.6 Å². The fourth-order valence-electron chi connectivity index (χ4n) is 1.58. The summed E-state index contributed by atoms with van der Waals surface area (Å²) in [7, 11) is 1.89. The molecule has 0 aliphatic heterocycles. The van der Waals surface area contributed by atoms with Gasteiger partial charge < -0.3 is 15.4 Å². The van der Waals surface area contributed by atoms with Crippen molar-refractivity contribution in [3.05, 3.63) is 17.8 Å². The lowest BCUT2D eigenvalue weighted by molar-refractivity contribution is 0.0526. The number of nitrogen functional groups attached to an aromatic ring is 1. The second-order valence-corrected chi connectivity index (χ2v) is 3.78. The molecule has 0 spiro atoms. The van der Waals surface area contributed by atoms with Gasteiger partial charge in [0, 0.05) is 13.6 Å². The third-order valence-electron chi connectivity index (χ3n) is 2.30. The molecule has 0 saturated heterocycles. The van der Waals surface area contributed by atoms with Gasteiger partial charge in [0.05, 0.1) is 18.5 Å². The van der Waals surface area contributed by atoms with E-state index in [1.165, 1.54) is 0 Å². The number of nitrogens with two attached hydrogens (primary N) is 1. The number of ether oxygens (including phenoxy) is 1. The quantitative estimate of drug-likeness (QED) is 0.789.